The van der Waals surface area contributed by atoms with E-state index in [0.29, 0.717) is 23.4 Å². The highest BCUT2D eigenvalue weighted by atomic mass is 32.1. The Kier molecular flexibility index (Phi) is 4.85. The largest absolute Gasteiger partial charge is 0.366 e. The first-order chi connectivity index (χ1) is 12.0. The Morgan fingerprint density at radius 3 is 2.64 bits per heavy atom. The molecule has 0 saturated carbocycles. The summed E-state index contributed by atoms with van der Waals surface area (Å²) in [6, 6.07) is 10.2. The first kappa shape index (κ1) is 16.8. The number of carbonyl (C=O) groups is 2. The summed E-state index contributed by atoms with van der Waals surface area (Å²) in [7, 11) is 0. The summed E-state index contributed by atoms with van der Waals surface area (Å²) in [6.45, 7) is 2.23. The van der Waals surface area contributed by atoms with Crippen molar-refractivity contribution in [3.8, 4) is 11.3 Å². The van der Waals surface area contributed by atoms with Crippen LogP contribution in [0.5, 0.6) is 0 Å². The van der Waals surface area contributed by atoms with E-state index in [1.165, 1.54) is 17.4 Å². The third-order valence-electron chi connectivity index (χ3n) is 3.51. The van der Waals surface area contributed by atoms with Crippen molar-refractivity contribution in [1.29, 1.82) is 0 Å². The zero-order chi connectivity index (χ0) is 17.8. The van der Waals surface area contributed by atoms with Crippen LogP contribution in [0.2, 0.25) is 0 Å². The molecule has 3 rings (SSSR count). The molecule has 126 valence electrons. The molecule has 0 spiro atoms. The first-order valence-electron chi connectivity index (χ1n) is 7.58. The smallest absolute Gasteiger partial charge is 0.251 e. The Morgan fingerprint density at radius 2 is 2.00 bits per heavy atom. The van der Waals surface area contributed by atoms with Gasteiger partial charge >= 0.3 is 0 Å². The molecule has 0 aliphatic carbocycles. The van der Waals surface area contributed by atoms with Crippen LogP contribution in [0.15, 0.2) is 48.0 Å². The second-order valence-corrected chi connectivity index (χ2v) is 6.39. The van der Waals surface area contributed by atoms with Crippen molar-refractivity contribution < 1.29 is 9.59 Å². The zero-order valence-corrected chi connectivity index (χ0v) is 14.3. The fourth-order valence-electron chi connectivity index (χ4n) is 2.32. The number of nitrogens with two attached hydrogens (primary N) is 1. The number of hydrogen-bond donors (Lipinski definition) is 2. The predicted octanol–water partition coefficient (Wildman–Crippen LogP) is 2.54. The molecule has 0 bridgehead atoms. The van der Waals surface area contributed by atoms with E-state index < -0.39 is 5.91 Å². The summed E-state index contributed by atoms with van der Waals surface area (Å²) < 4.78 is 0. The lowest BCUT2D eigenvalue weighted by Crippen LogP contribution is -2.23. The second-order valence-electron chi connectivity index (χ2n) is 5.44. The van der Waals surface area contributed by atoms with Gasteiger partial charge in [0.25, 0.3) is 5.91 Å². The maximum Gasteiger partial charge on any atom is 0.251 e. The average Bonchev–Trinajstić information content (AvgIpc) is 3.05. The number of carbonyl (C=O) groups excluding carboxylic acids is 2. The summed E-state index contributed by atoms with van der Waals surface area (Å²) in [5.41, 5.74) is 8.25. The van der Waals surface area contributed by atoms with E-state index in [0.717, 1.165) is 10.7 Å². The van der Waals surface area contributed by atoms with Crippen LogP contribution in [0, 0.1) is 6.92 Å². The van der Waals surface area contributed by atoms with Crippen molar-refractivity contribution in [1.82, 2.24) is 15.3 Å². The maximum absolute atomic E-state index is 12.5. The lowest BCUT2D eigenvalue weighted by atomic mass is 10.0. The van der Waals surface area contributed by atoms with Gasteiger partial charge in [-0.25, -0.2) is 4.98 Å². The fraction of sp³-hybridized carbons (Fsp3) is 0.111. The molecule has 0 aliphatic heterocycles. The summed E-state index contributed by atoms with van der Waals surface area (Å²) in [4.78, 5) is 32.6. The number of thiazole rings is 1. The molecule has 25 heavy (non-hydrogen) atoms. The van der Waals surface area contributed by atoms with Gasteiger partial charge in [0.2, 0.25) is 5.91 Å². The van der Waals surface area contributed by atoms with E-state index in [1.54, 1.807) is 30.5 Å². The Bertz CT molecular complexity index is 922. The van der Waals surface area contributed by atoms with E-state index in [-0.39, 0.29) is 11.5 Å². The van der Waals surface area contributed by atoms with Crippen LogP contribution in [0.1, 0.15) is 31.4 Å². The molecule has 0 fully saturated rings. The molecular formula is C18H16N4O2S. The van der Waals surface area contributed by atoms with Gasteiger partial charge in [-0.1, -0.05) is 6.07 Å². The minimum absolute atomic E-state index is 0.262. The Hall–Kier alpha value is -3.06. The Labute approximate surface area is 148 Å². The molecule has 0 aliphatic rings. The van der Waals surface area contributed by atoms with E-state index in [4.69, 9.17) is 5.73 Å². The average molecular weight is 352 g/mol. The molecule has 2 heterocycles. The van der Waals surface area contributed by atoms with Crippen molar-refractivity contribution in [3.05, 3.63) is 69.8 Å². The quantitative estimate of drug-likeness (QED) is 0.737. The Morgan fingerprint density at radius 1 is 1.20 bits per heavy atom. The second kappa shape index (κ2) is 7.23. The van der Waals surface area contributed by atoms with E-state index in [1.807, 2.05) is 18.4 Å². The van der Waals surface area contributed by atoms with Gasteiger partial charge in [-0.3, -0.25) is 14.6 Å². The van der Waals surface area contributed by atoms with Crippen molar-refractivity contribution in [2.75, 3.05) is 0 Å². The van der Waals surface area contributed by atoms with Crippen LogP contribution in [0.25, 0.3) is 11.3 Å². The van der Waals surface area contributed by atoms with Gasteiger partial charge in [0.1, 0.15) is 5.01 Å². The van der Waals surface area contributed by atoms with Crippen molar-refractivity contribution in [3.63, 3.8) is 0 Å². The third kappa shape index (κ3) is 4.07. The van der Waals surface area contributed by atoms with Crippen LogP contribution < -0.4 is 11.1 Å². The standard InChI is InChI=1S/C18H16N4O2S/c1-11-10-25-16(22-11)9-21-18(24)14-7-12(6-13(8-14)17(19)23)15-4-2-3-5-20-15/h2-8,10H,9H2,1H3,(H2,19,23)(H,21,24). The van der Waals surface area contributed by atoms with E-state index in [2.05, 4.69) is 15.3 Å². The molecule has 0 unspecified atom stereocenters. The molecule has 0 radical (unpaired) electrons. The van der Waals surface area contributed by atoms with Gasteiger partial charge in [-0.2, -0.15) is 0 Å². The number of benzene rings is 1. The summed E-state index contributed by atoms with van der Waals surface area (Å²) >= 11 is 1.48. The normalized spacial score (nSPS) is 10.4. The molecule has 0 saturated heterocycles. The van der Waals surface area contributed by atoms with Crippen LogP contribution in [0.3, 0.4) is 0 Å². The number of rotatable bonds is 5. The molecule has 3 N–H and O–H groups in total. The minimum atomic E-state index is -0.595. The first-order valence-corrected chi connectivity index (χ1v) is 8.46. The number of pyridine rings is 1. The highest BCUT2D eigenvalue weighted by molar-refractivity contribution is 7.09. The molecule has 7 heteroatoms. The number of aromatic nitrogens is 2. The molecule has 6 nitrogen and oxygen atoms in total. The van der Waals surface area contributed by atoms with Gasteiger partial charge in [0.15, 0.2) is 0 Å². The van der Waals surface area contributed by atoms with Crippen molar-refractivity contribution in [2.24, 2.45) is 5.73 Å². The van der Waals surface area contributed by atoms with Crippen LogP contribution in [0.4, 0.5) is 0 Å². The fourth-order valence-corrected chi connectivity index (χ4v) is 3.04. The molecule has 3 aromatic rings. The topological polar surface area (TPSA) is 98.0 Å². The number of hydrogen-bond acceptors (Lipinski definition) is 5. The van der Waals surface area contributed by atoms with Gasteiger partial charge < -0.3 is 11.1 Å². The van der Waals surface area contributed by atoms with Crippen molar-refractivity contribution in [2.45, 2.75) is 13.5 Å². The monoisotopic (exact) mass is 352 g/mol. The third-order valence-corrected chi connectivity index (χ3v) is 4.47. The number of nitrogens with one attached hydrogen (secondary N) is 1. The van der Waals surface area contributed by atoms with Gasteiger partial charge in [-0.15, -0.1) is 11.3 Å². The SMILES string of the molecule is Cc1csc(CNC(=O)c2cc(C(N)=O)cc(-c3ccccn3)c2)n1. The lowest BCUT2D eigenvalue weighted by molar-refractivity contribution is 0.0951. The molecule has 2 aromatic heterocycles. The summed E-state index contributed by atoms with van der Waals surface area (Å²) in [5, 5.41) is 5.56. The summed E-state index contributed by atoms with van der Waals surface area (Å²) in [5.74, 6) is -0.893. The number of aryl methyl sites for hydroxylation is 1. The van der Waals surface area contributed by atoms with Crippen LogP contribution in [-0.2, 0) is 6.54 Å². The van der Waals surface area contributed by atoms with Crippen molar-refractivity contribution >= 4 is 23.2 Å². The number of amides is 2. The summed E-state index contributed by atoms with van der Waals surface area (Å²) in [6.07, 6.45) is 1.65. The van der Waals surface area contributed by atoms with E-state index in [9.17, 15) is 9.59 Å². The maximum atomic E-state index is 12.5. The van der Waals surface area contributed by atoms with E-state index >= 15 is 0 Å². The zero-order valence-electron chi connectivity index (χ0n) is 13.5. The van der Waals surface area contributed by atoms with Crippen LogP contribution >= 0.6 is 11.3 Å². The highest BCUT2D eigenvalue weighted by Gasteiger charge is 2.13. The molecular weight excluding hydrogens is 336 g/mol. The highest BCUT2D eigenvalue weighted by Crippen LogP contribution is 2.20. The molecule has 0 atom stereocenters. The number of primary amides is 1. The minimum Gasteiger partial charge on any atom is -0.366 e. The van der Waals surface area contributed by atoms with Gasteiger partial charge in [-0.05, 0) is 37.3 Å². The number of nitrogens with zero attached hydrogens (tertiary/aromatic N) is 2. The molecule has 2 amide bonds. The predicted molar refractivity (Wildman–Crippen MR) is 96.2 cm³/mol. The van der Waals surface area contributed by atoms with Crippen LogP contribution in [-0.4, -0.2) is 21.8 Å². The molecule has 1 aromatic carbocycles. The lowest BCUT2D eigenvalue weighted by Gasteiger charge is -2.08. The Balaban J connectivity index is 1.87. The van der Waals surface area contributed by atoms with Gasteiger partial charge in [0.05, 0.1) is 12.2 Å². The van der Waals surface area contributed by atoms with Gasteiger partial charge in [0, 0.05) is 34.0 Å².